The zero-order chi connectivity index (χ0) is 18.4. The number of nitrogens with one attached hydrogen (secondary N) is 1. The fraction of sp³-hybridized carbons (Fsp3) is 0.444. The number of nitrogens with zero attached hydrogens (tertiary/aromatic N) is 4. The third-order valence-corrected chi connectivity index (χ3v) is 5.06. The lowest BCUT2D eigenvalue weighted by Crippen LogP contribution is -2.50. The van der Waals surface area contributed by atoms with E-state index in [0.29, 0.717) is 18.2 Å². The molecule has 0 radical (unpaired) electrons. The summed E-state index contributed by atoms with van der Waals surface area (Å²) >= 11 is 1.24. The molecule has 1 saturated heterocycles. The molecule has 0 atom stereocenters. The Balaban J connectivity index is 1.50. The monoisotopic (exact) mass is 373 g/mol. The number of aromatic amines is 1. The zero-order valence-electron chi connectivity index (χ0n) is 14.9. The van der Waals surface area contributed by atoms with E-state index >= 15 is 0 Å². The summed E-state index contributed by atoms with van der Waals surface area (Å²) < 4.78 is 0. The molecular weight excluding hydrogens is 350 g/mol. The van der Waals surface area contributed by atoms with Gasteiger partial charge in [0.2, 0.25) is 5.91 Å². The highest BCUT2D eigenvalue weighted by Crippen LogP contribution is 2.18. The molecule has 0 spiro atoms. The molecule has 0 aliphatic carbocycles. The van der Waals surface area contributed by atoms with Crippen molar-refractivity contribution in [2.24, 2.45) is 0 Å². The molecule has 1 amide bonds. The van der Waals surface area contributed by atoms with E-state index in [2.05, 4.69) is 19.9 Å². The quantitative estimate of drug-likeness (QED) is 0.549. The summed E-state index contributed by atoms with van der Waals surface area (Å²) in [5.41, 5.74) is 0.746. The van der Waals surface area contributed by atoms with Crippen LogP contribution in [-0.2, 0) is 11.2 Å². The third-order valence-electron chi connectivity index (χ3n) is 4.23. The summed E-state index contributed by atoms with van der Waals surface area (Å²) in [5.74, 6) is 1.10. The number of carbonyl (C=O) groups excluding carboxylic acids is 1. The molecule has 0 saturated carbocycles. The number of amides is 1. The van der Waals surface area contributed by atoms with Crippen molar-refractivity contribution in [3.8, 4) is 5.88 Å². The molecule has 0 bridgehead atoms. The van der Waals surface area contributed by atoms with Gasteiger partial charge in [-0.25, -0.2) is 15.0 Å². The van der Waals surface area contributed by atoms with E-state index < -0.39 is 0 Å². The van der Waals surface area contributed by atoms with Crippen molar-refractivity contribution >= 4 is 23.5 Å². The predicted octanol–water partition coefficient (Wildman–Crippen LogP) is 0.758. The molecule has 2 aromatic rings. The van der Waals surface area contributed by atoms with Crippen molar-refractivity contribution < 1.29 is 14.9 Å². The molecule has 1 N–H and O–H groups in total. The highest BCUT2D eigenvalue weighted by molar-refractivity contribution is 7.99. The number of hydrogen-bond donors (Lipinski definition) is 0. The normalized spacial score (nSPS) is 14.5. The van der Waals surface area contributed by atoms with Gasteiger partial charge < -0.3 is 10.0 Å². The molecule has 138 valence electrons. The molecule has 8 heteroatoms. The largest absolute Gasteiger partial charge is 0.858 e. The first-order chi connectivity index (χ1) is 12.7. The second-order valence-corrected chi connectivity index (χ2v) is 7.08. The third kappa shape index (κ3) is 4.85. The minimum absolute atomic E-state index is 0.0589. The maximum Gasteiger partial charge on any atom is 0.274 e. The number of anilines is 1. The van der Waals surface area contributed by atoms with Crippen LogP contribution in [0.5, 0.6) is 5.88 Å². The molecule has 1 fully saturated rings. The number of aromatic nitrogens is 3. The Morgan fingerprint density at radius 2 is 2.08 bits per heavy atom. The van der Waals surface area contributed by atoms with Crippen molar-refractivity contribution in [3.05, 3.63) is 36.2 Å². The summed E-state index contributed by atoms with van der Waals surface area (Å²) in [4.78, 5) is 28.0. The van der Waals surface area contributed by atoms with Crippen LogP contribution in [0.25, 0.3) is 0 Å². The molecule has 3 rings (SSSR count). The second-order valence-electron chi connectivity index (χ2n) is 6.13. The van der Waals surface area contributed by atoms with Crippen LogP contribution in [0.4, 0.5) is 5.82 Å². The number of thioether (sulfide) groups is 1. The van der Waals surface area contributed by atoms with Gasteiger partial charge in [0, 0.05) is 11.8 Å². The number of aryl methyl sites for hydroxylation is 1. The predicted molar refractivity (Wildman–Crippen MR) is 98.0 cm³/mol. The average Bonchev–Trinajstić information content (AvgIpc) is 2.67. The van der Waals surface area contributed by atoms with Gasteiger partial charge >= 0.3 is 0 Å². The number of pyridine rings is 1. The minimum Gasteiger partial charge on any atom is -0.858 e. The number of H-pyrrole nitrogens is 1. The van der Waals surface area contributed by atoms with E-state index in [1.165, 1.54) is 17.8 Å². The molecule has 26 heavy (non-hydrogen) atoms. The van der Waals surface area contributed by atoms with Crippen LogP contribution in [0.1, 0.15) is 19.0 Å². The fourth-order valence-electron chi connectivity index (χ4n) is 2.89. The molecule has 1 aliphatic heterocycles. The van der Waals surface area contributed by atoms with Crippen molar-refractivity contribution in [3.63, 3.8) is 0 Å². The number of piperazine rings is 1. The van der Waals surface area contributed by atoms with E-state index in [1.54, 1.807) is 0 Å². The molecule has 7 nitrogen and oxygen atoms in total. The zero-order valence-corrected chi connectivity index (χ0v) is 15.7. The Morgan fingerprint density at radius 1 is 1.27 bits per heavy atom. The Bertz CT molecular complexity index is 736. The van der Waals surface area contributed by atoms with Crippen molar-refractivity contribution in [1.82, 2.24) is 14.9 Å². The topological polar surface area (TPSA) is 86.5 Å². The van der Waals surface area contributed by atoms with Crippen LogP contribution in [-0.4, -0.2) is 52.7 Å². The van der Waals surface area contributed by atoms with Crippen molar-refractivity contribution in [1.29, 1.82) is 0 Å². The highest BCUT2D eigenvalue weighted by atomic mass is 32.2. The van der Waals surface area contributed by atoms with Crippen LogP contribution in [0, 0.1) is 0 Å². The fourth-order valence-corrected chi connectivity index (χ4v) is 3.66. The first-order valence-corrected chi connectivity index (χ1v) is 9.81. The minimum atomic E-state index is -0.286. The lowest BCUT2D eigenvalue weighted by molar-refractivity contribution is -0.364. The van der Waals surface area contributed by atoms with Gasteiger partial charge in [-0.2, -0.15) is 0 Å². The lowest BCUT2D eigenvalue weighted by Gasteiger charge is -2.30. The summed E-state index contributed by atoms with van der Waals surface area (Å²) in [7, 11) is 0. The molecule has 0 unspecified atom stereocenters. The van der Waals surface area contributed by atoms with Crippen LogP contribution in [0.2, 0.25) is 0 Å². The molecular formula is C18H23N5O2S. The van der Waals surface area contributed by atoms with E-state index in [4.69, 9.17) is 0 Å². The summed E-state index contributed by atoms with van der Waals surface area (Å²) in [6.45, 7) is 5.00. The van der Waals surface area contributed by atoms with Gasteiger partial charge in [-0.1, -0.05) is 31.2 Å². The lowest BCUT2D eigenvalue weighted by atomic mass is 10.2. The van der Waals surface area contributed by atoms with Crippen LogP contribution >= 0.6 is 11.8 Å². The van der Waals surface area contributed by atoms with Crippen LogP contribution in [0.15, 0.2) is 35.6 Å². The Hall–Kier alpha value is -2.35. The standard InChI is InChI=1S/C18H23N5O2S/c1-2-5-14-12-16(24)21-18(20-14)26-13-17(25)23-10-8-22(9-11-23)15-6-3-4-7-19-15/h3-4,6-7,12H,2,5,8-11,13H2,1H3,(H,20,21,24). The highest BCUT2D eigenvalue weighted by Gasteiger charge is 2.26. The van der Waals surface area contributed by atoms with E-state index in [0.717, 1.165) is 37.4 Å². The smallest absolute Gasteiger partial charge is 0.274 e. The van der Waals surface area contributed by atoms with Crippen molar-refractivity contribution in [2.45, 2.75) is 24.9 Å². The molecule has 0 aromatic carbocycles. The van der Waals surface area contributed by atoms with E-state index in [-0.39, 0.29) is 17.5 Å². The van der Waals surface area contributed by atoms with Crippen LogP contribution in [0.3, 0.4) is 0 Å². The number of carbonyl (C=O) groups is 1. The van der Waals surface area contributed by atoms with Gasteiger partial charge in [0.15, 0.2) is 5.16 Å². The van der Waals surface area contributed by atoms with Gasteiger partial charge in [0.05, 0.1) is 25.0 Å². The molecule has 2 aromatic heterocycles. The van der Waals surface area contributed by atoms with Gasteiger partial charge in [-0.15, -0.1) is 0 Å². The average molecular weight is 373 g/mol. The van der Waals surface area contributed by atoms with Crippen LogP contribution < -0.4 is 15.0 Å². The first-order valence-electron chi connectivity index (χ1n) is 8.83. The van der Waals surface area contributed by atoms with Gasteiger partial charge in [-0.05, 0) is 24.4 Å². The first kappa shape index (κ1) is 18.4. The molecule has 3 heterocycles. The Kier molecular flexibility index (Phi) is 6.27. The SMILES string of the molecule is CCCc1cc([O-])nc(SCC(=O)N2CCN(c3cccc[nH+]3)CC2)n1. The summed E-state index contributed by atoms with van der Waals surface area (Å²) in [6.07, 6.45) is 3.57. The van der Waals surface area contributed by atoms with Gasteiger partial charge in [0.1, 0.15) is 13.1 Å². The summed E-state index contributed by atoms with van der Waals surface area (Å²) in [6, 6.07) is 7.45. The maximum absolute atomic E-state index is 12.5. The van der Waals surface area contributed by atoms with Gasteiger partial charge in [-0.3, -0.25) is 9.69 Å². The van der Waals surface area contributed by atoms with E-state index in [1.807, 2.05) is 36.2 Å². The van der Waals surface area contributed by atoms with Crippen molar-refractivity contribution in [2.75, 3.05) is 36.8 Å². The number of hydrogen-bond acceptors (Lipinski definition) is 6. The summed E-state index contributed by atoms with van der Waals surface area (Å²) in [5, 5.41) is 12.0. The maximum atomic E-state index is 12.5. The Morgan fingerprint density at radius 3 is 2.77 bits per heavy atom. The second kappa shape index (κ2) is 8.84. The Labute approximate surface area is 157 Å². The van der Waals surface area contributed by atoms with E-state index in [9.17, 15) is 9.90 Å². The number of rotatable bonds is 6. The van der Waals surface area contributed by atoms with Gasteiger partial charge in [0.25, 0.3) is 5.82 Å². The molecule has 1 aliphatic rings.